The molecule has 1 rings (SSSR count). The van der Waals surface area contributed by atoms with Crippen LogP contribution in [-0.2, 0) is 45.5 Å². The zero-order valence-electron chi connectivity index (χ0n) is 39.9. The van der Waals surface area contributed by atoms with Crippen LogP contribution in [0.15, 0.2) is 53.0 Å². The molecule has 0 aliphatic carbocycles. The molecule has 1 N–H and O–H groups in total. The summed E-state index contributed by atoms with van der Waals surface area (Å²) in [4.78, 5) is 37.7. The van der Waals surface area contributed by atoms with Gasteiger partial charge in [0.05, 0.1) is 33.9 Å². The largest absolute Gasteiger partial charge is 0.756 e. The number of carbonyl (C=O) groups excluding carboxylic acids is 2. The second-order valence-corrected chi connectivity index (χ2v) is 18.9. The number of likely N-dealkylation sites (N-methyl/N-ethyl adjacent to an activating group) is 1. The third-order valence-electron chi connectivity index (χ3n) is 10.6. The Morgan fingerprint density at radius 3 is 1.81 bits per heavy atom. The number of allylic oxidation sites excluding steroid dienone is 7. The van der Waals surface area contributed by atoms with Crippen LogP contribution in [0.3, 0.4) is 0 Å². The Morgan fingerprint density at radius 2 is 1.23 bits per heavy atom. The zero-order chi connectivity index (χ0) is 45.9. The molecule has 3 atom stereocenters. The Hall–Kier alpha value is -2.79. The van der Waals surface area contributed by atoms with Crippen LogP contribution in [0, 0.1) is 13.8 Å². The van der Waals surface area contributed by atoms with E-state index in [4.69, 9.17) is 22.9 Å². The number of rotatable bonds is 39. The molecule has 62 heavy (non-hydrogen) atoms. The quantitative estimate of drug-likeness (QED) is 0.0223. The van der Waals surface area contributed by atoms with Gasteiger partial charge in [0.15, 0.2) is 6.10 Å². The van der Waals surface area contributed by atoms with Crippen LogP contribution in [0.2, 0.25) is 0 Å². The summed E-state index contributed by atoms with van der Waals surface area (Å²) in [6.45, 7) is 8.24. The fourth-order valence-corrected chi connectivity index (χ4v) is 7.33. The monoisotopic (exact) mass is 892 g/mol. The molecule has 0 saturated heterocycles. The van der Waals surface area contributed by atoms with E-state index in [9.17, 15) is 24.2 Å². The van der Waals surface area contributed by atoms with Crippen molar-refractivity contribution in [3.8, 4) is 0 Å². The lowest BCUT2D eigenvalue weighted by Gasteiger charge is -2.28. The molecular formula is C50H86NO10P. The van der Waals surface area contributed by atoms with Crippen molar-refractivity contribution >= 4 is 19.8 Å². The highest BCUT2D eigenvalue weighted by Gasteiger charge is 2.22. The number of phosphoric acid groups is 1. The number of unbranched alkanes of at least 4 members (excludes halogenated alkanes) is 10. The van der Waals surface area contributed by atoms with Crippen molar-refractivity contribution in [2.24, 2.45) is 0 Å². The topological polar surface area (TPSA) is 145 Å². The number of furan rings is 1. The lowest BCUT2D eigenvalue weighted by Crippen LogP contribution is -2.37. The van der Waals surface area contributed by atoms with E-state index in [0.717, 1.165) is 82.8 Å². The highest BCUT2D eigenvalue weighted by atomic mass is 31.2. The van der Waals surface area contributed by atoms with Gasteiger partial charge in [0.1, 0.15) is 31.3 Å². The van der Waals surface area contributed by atoms with Gasteiger partial charge < -0.3 is 37.4 Å². The highest BCUT2D eigenvalue weighted by Crippen LogP contribution is 2.38. The summed E-state index contributed by atoms with van der Waals surface area (Å²) in [5.74, 6) is 1.37. The van der Waals surface area contributed by atoms with Crippen molar-refractivity contribution in [2.75, 3.05) is 47.5 Å². The summed E-state index contributed by atoms with van der Waals surface area (Å²) in [6, 6.07) is 0. The van der Waals surface area contributed by atoms with Gasteiger partial charge >= 0.3 is 11.9 Å². The smallest absolute Gasteiger partial charge is 0.306 e. The van der Waals surface area contributed by atoms with Crippen molar-refractivity contribution in [2.45, 2.75) is 188 Å². The van der Waals surface area contributed by atoms with Gasteiger partial charge in [-0.2, -0.15) is 0 Å². The number of nitrogens with zero attached hydrogens (tertiary/aromatic N) is 1. The molecule has 0 aromatic carbocycles. The standard InChI is InChI=1S/C50H86NO10P/c1-8-10-28-35-47-43(3)44(4)48(61-47)36-30-25-21-18-19-23-27-32-38-50(54)60-46(42-59-62(55,56)58-40-39-51(5,6)7)41-57-49(53)37-31-26-22-17-15-13-11-12-14-16-20-24-29-34-45(52)33-9-2/h11,13-14,16-17,22,24,29,45-46,52H,8-10,12,15,18-21,23,25-28,30-42H2,1-7H3/b13-11-,16-14-,22-17-,29-24-/t45?,46-/m1/s1. The Kier molecular flexibility index (Phi) is 32.8. The maximum atomic E-state index is 12.8. The molecule has 0 aliphatic heterocycles. The summed E-state index contributed by atoms with van der Waals surface area (Å²) in [5, 5.41) is 9.75. The molecule has 0 bridgehead atoms. The molecule has 0 amide bonds. The number of hydrogen-bond acceptors (Lipinski definition) is 10. The van der Waals surface area contributed by atoms with Crippen molar-refractivity contribution in [1.82, 2.24) is 0 Å². The third kappa shape index (κ3) is 32.0. The predicted octanol–water partition coefficient (Wildman–Crippen LogP) is 11.5. The number of phosphoric ester groups is 1. The van der Waals surface area contributed by atoms with Gasteiger partial charge in [-0.15, -0.1) is 0 Å². The number of ether oxygens (including phenoxy) is 2. The number of aliphatic hydroxyl groups is 1. The van der Waals surface area contributed by atoms with Crippen LogP contribution >= 0.6 is 7.82 Å². The fraction of sp³-hybridized carbons (Fsp3) is 0.720. The van der Waals surface area contributed by atoms with Gasteiger partial charge in [0.2, 0.25) is 0 Å². The first-order chi connectivity index (χ1) is 29.7. The summed E-state index contributed by atoms with van der Waals surface area (Å²) in [5.41, 5.74) is 2.64. The van der Waals surface area contributed by atoms with Crippen LogP contribution in [0.5, 0.6) is 0 Å². The first-order valence-corrected chi connectivity index (χ1v) is 25.2. The Balaban J connectivity index is 2.38. The molecule has 12 heteroatoms. The number of quaternary nitrogens is 1. The van der Waals surface area contributed by atoms with Gasteiger partial charge in [0, 0.05) is 25.7 Å². The first-order valence-electron chi connectivity index (χ1n) is 23.8. The van der Waals surface area contributed by atoms with E-state index in [1.54, 1.807) is 0 Å². The molecule has 2 unspecified atom stereocenters. The molecule has 356 valence electrons. The normalized spacial score (nSPS) is 14.4. The SMILES string of the molecule is CCCCCc1oc(CCCCCCCCCCC(=O)O[C@H](COC(=O)CCC/C=C\C/C=C\C/C=C\C/C=C\CC(O)CCC)COP(=O)([O-])OCC[N+](C)(C)C)c(C)c1C. The zero-order valence-corrected chi connectivity index (χ0v) is 40.8. The maximum absolute atomic E-state index is 12.8. The minimum atomic E-state index is -4.66. The van der Waals surface area contributed by atoms with Crippen molar-refractivity contribution in [1.29, 1.82) is 0 Å². The van der Waals surface area contributed by atoms with Gasteiger partial charge in [0.25, 0.3) is 7.82 Å². The van der Waals surface area contributed by atoms with Crippen molar-refractivity contribution in [3.63, 3.8) is 0 Å². The molecule has 0 aliphatic rings. The maximum Gasteiger partial charge on any atom is 0.306 e. The molecule has 1 aromatic rings. The van der Waals surface area contributed by atoms with E-state index in [-0.39, 0.29) is 32.2 Å². The van der Waals surface area contributed by atoms with E-state index in [0.29, 0.717) is 36.7 Å². The van der Waals surface area contributed by atoms with Gasteiger partial charge in [-0.05, 0) is 89.2 Å². The summed E-state index contributed by atoms with van der Waals surface area (Å²) in [6.07, 6.45) is 36.0. The van der Waals surface area contributed by atoms with Crippen molar-refractivity contribution < 1.29 is 51.6 Å². The van der Waals surface area contributed by atoms with Crippen LogP contribution in [0.1, 0.15) is 171 Å². The van der Waals surface area contributed by atoms with Crippen LogP contribution < -0.4 is 4.89 Å². The van der Waals surface area contributed by atoms with E-state index in [1.807, 2.05) is 33.3 Å². The predicted molar refractivity (Wildman–Crippen MR) is 250 cm³/mol. The fourth-order valence-electron chi connectivity index (χ4n) is 6.60. The van der Waals surface area contributed by atoms with Crippen LogP contribution in [0.4, 0.5) is 0 Å². The Bertz CT molecular complexity index is 1490. The minimum Gasteiger partial charge on any atom is -0.756 e. The number of hydrogen-bond donors (Lipinski definition) is 1. The van der Waals surface area contributed by atoms with E-state index in [2.05, 4.69) is 64.2 Å². The summed E-state index contributed by atoms with van der Waals surface area (Å²) < 4.78 is 40.2. The molecule has 0 spiro atoms. The lowest BCUT2D eigenvalue weighted by atomic mass is 10.0. The lowest BCUT2D eigenvalue weighted by molar-refractivity contribution is -0.870. The molecule has 1 aromatic heterocycles. The molecular weight excluding hydrogens is 806 g/mol. The highest BCUT2D eigenvalue weighted by molar-refractivity contribution is 7.45. The summed E-state index contributed by atoms with van der Waals surface area (Å²) >= 11 is 0. The molecule has 0 saturated carbocycles. The molecule has 0 radical (unpaired) electrons. The van der Waals surface area contributed by atoms with E-state index >= 15 is 0 Å². The number of carbonyl (C=O) groups is 2. The number of aryl methyl sites for hydroxylation is 2. The number of aliphatic hydroxyl groups excluding tert-OH is 1. The molecule has 11 nitrogen and oxygen atoms in total. The average Bonchev–Trinajstić information content (AvgIpc) is 3.48. The van der Waals surface area contributed by atoms with E-state index in [1.165, 1.54) is 49.0 Å². The molecule has 1 heterocycles. The van der Waals surface area contributed by atoms with Gasteiger partial charge in [-0.1, -0.05) is 120 Å². The van der Waals surface area contributed by atoms with Gasteiger partial charge in [-0.3, -0.25) is 14.2 Å². The third-order valence-corrected chi connectivity index (χ3v) is 11.6. The van der Waals surface area contributed by atoms with Crippen LogP contribution in [0.25, 0.3) is 0 Å². The second-order valence-electron chi connectivity index (χ2n) is 17.5. The Labute approximate surface area is 376 Å². The molecule has 0 fully saturated rings. The first kappa shape index (κ1) is 57.2. The van der Waals surface area contributed by atoms with Crippen molar-refractivity contribution in [3.05, 3.63) is 71.3 Å². The van der Waals surface area contributed by atoms with Gasteiger partial charge in [-0.25, -0.2) is 0 Å². The van der Waals surface area contributed by atoms with Crippen LogP contribution in [-0.4, -0.2) is 81.2 Å². The Morgan fingerprint density at radius 1 is 0.694 bits per heavy atom. The summed E-state index contributed by atoms with van der Waals surface area (Å²) in [7, 11) is 1.09. The number of esters is 2. The van der Waals surface area contributed by atoms with E-state index < -0.39 is 32.5 Å². The second kappa shape index (κ2) is 35.5. The minimum absolute atomic E-state index is 0.0545. The average molecular weight is 892 g/mol.